The molecule has 0 radical (unpaired) electrons. The number of benzene rings is 1. The highest BCUT2D eigenvalue weighted by Gasteiger charge is 2.11. The fraction of sp³-hybridized carbons (Fsp3) is 0.455. The Morgan fingerprint density at radius 2 is 2.07 bits per heavy atom. The van der Waals surface area contributed by atoms with Gasteiger partial charge in [0, 0.05) is 4.47 Å². The Bertz CT molecular complexity index is 325. The predicted molar refractivity (Wildman–Crippen MR) is 62.2 cm³/mol. The molecule has 3 N–H and O–H groups in total. The molecule has 0 heterocycles. The summed E-state index contributed by atoms with van der Waals surface area (Å²) in [4.78, 5) is 0. The van der Waals surface area contributed by atoms with Crippen LogP contribution in [0.4, 0.5) is 0 Å². The van der Waals surface area contributed by atoms with E-state index < -0.39 is 6.10 Å². The minimum absolute atomic E-state index is 0.448. The fourth-order valence-corrected chi connectivity index (χ4v) is 2.09. The largest absolute Gasteiger partial charge is 0.388 e. The van der Waals surface area contributed by atoms with Crippen LogP contribution in [0.25, 0.3) is 0 Å². The molecule has 0 aliphatic heterocycles. The molecule has 0 saturated heterocycles. The van der Waals surface area contributed by atoms with Gasteiger partial charge in [0.1, 0.15) is 0 Å². The van der Waals surface area contributed by atoms with Crippen LogP contribution < -0.4 is 5.73 Å². The SMILES string of the molecule is Cc1cc(Br)c(C)c(C(O)CCN)c1. The van der Waals surface area contributed by atoms with E-state index in [4.69, 9.17) is 5.73 Å². The van der Waals surface area contributed by atoms with Crippen LogP contribution in [0.1, 0.15) is 29.2 Å². The van der Waals surface area contributed by atoms with E-state index in [-0.39, 0.29) is 0 Å². The lowest BCUT2D eigenvalue weighted by Crippen LogP contribution is -2.08. The van der Waals surface area contributed by atoms with Crippen molar-refractivity contribution >= 4 is 15.9 Å². The summed E-state index contributed by atoms with van der Waals surface area (Å²) in [6, 6.07) is 4.06. The second-order valence-electron chi connectivity index (χ2n) is 3.55. The van der Waals surface area contributed by atoms with Gasteiger partial charge in [-0.25, -0.2) is 0 Å². The van der Waals surface area contributed by atoms with Crippen molar-refractivity contribution in [3.8, 4) is 0 Å². The quantitative estimate of drug-likeness (QED) is 0.874. The molecule has 2 nitrogen and oxygen atoms in total. The number of halogens is 1. The molecule has 1 atom stereocenters. The highest BCUT2D eigenvalue weighted by molar-refractivity contribution is 9.10. The molecule has 0 amide bonds. The highest BCUT2D eigenvalue weighted by atomic mass is 79.9. The maximum Gasteiger partial charge on any atom is 0.0805 e. The molecular formula is C11H16BrNO. The van der Waals surface area contributed by atoms with Gasteiger partial charge in [0.25, 0.3) is 0 Å². The van der Waals surface area contributed by atoms with Crippen molar-refractivity contribution in [1.29, 1.82) is 0 Å². The zero-order valence-corrected chi connectivity index (χ0v) is 10.1. The van der Waals surface area contributed by atoms with E-state index in [1.807, 2.05) is 26.0 Å². The lowest BCUT2D eigenvalue weighted by molar-refractivity contribution is 0.169. The Morgan fingerprint density at radius 1 is 1.43 bits per heavy atom. The first-order valence-electron chi connectivity index (χ1n) is 4.71. The van der Waals surface area contributed by atoms with E-state index in [0.29, 0.717) is 13.0 Å². The Labute approximate surface area is 93.3 Å². The average molecular weight is 258 g/mol. The van der Waals surface area contributed by atoms with Crippen molar-refractivity contribution < 1.29 is 5.11 Å². The van der Waals surface area contributed by atoms with E-state index in [2.05, 4.69) is 15.9 Å². The van der Waals surface area contributed by atoms with Gasteiger partial charge < -0.3 is 10.8 Å². The van der Waals surface area contributed by atoms with Crippen molar-refractivity contribution in [2.24, 2.45) is 5.73 Å². The fourth-order valence-electron chi connectivity index (χ4n) is 1.50. The molecule has 1 aromatic carbocycles. The molecule has 0 spiro atoms. The summed E-state index contributed by atoms with van der Waals surface area (Å²) in [5.74, 6) is 0. The monoisotopic (exact) mass is 257 g/mol. The summed E-state index contributed by atoms with van der Waals surface area (Å²) in [5, 5.41) is 9.85. The van der Waals surface area contributed by atoms with Crippen molar-refractivity contribution in [3.63, 3.8) is 0 Å². The van der Waals surface area contributed by atoms with Gasteiger partial charge in [-0.05, 0) is 49.6 Å². The molecule has 0 aliphatic carbocycles. The third-order valence-electron chi connectivity index (χ3n) is 2.33. The van der Waals surface area contributed by atoms with Crippen molar-refractivity contribution in [2.75, 3.05) is 6.54 Å². The van der Waals surface area contributed by atoms with Crippen molar-refractivity contribution in [3.05, 3.63) is 33.3 Å². The predicted octanol–water partition coefficient (Wildman–Crippen LogP) is 2.45. The van der Waals surface area contributed by atoms with Gasteiger partial charge >= 0.3 is 0 Å². The first-order valence-corrected chi connectivity index (χ1v) is 5.50. The molecule has 78 valence electrons. The smallest absolute Gasteiger partial charge is 0.0805 e. The molecule has 1 rings (SSSR count). The van der Waals surface area contributed by atoms with E-state index in [1.54, 1.807) is 0 Å². The first-order chi connectivity index (χ1) is 6.56. The summed E-state index contributed by atoms with van der Waals surface area (Å²) >= 11 is 3.47. The van der Waals surface area contributed by atoms with Gasteiger partial charge in [-0.3, -0.25) is 0 Å². The van der Waals surface area contributed by atoms with E-state index in [0.717, 1.165) is 21.2 Å². The molecular weight excluding hydrogens is 242 g/mol. The van der Waals surface area contributed by atoms with Crippen LogP contribution in [0, 0.1) is 13.8 Å². The topological polar surface area (TPSA) is 46.2 Å². The van der Waals surface area contributed by atoms with Crippen LogP contribution in [0.2, 0.25) is 0 Å². The molecule has 0 aliphatic rings. The number of rotatable bonds is 3. The lowest BCUT2D eigenvalue weighted by atomic mass is 9.99. The summed E-state index contributed by atoms with van der Waals surface area (Å²) in [6.07, 6.45) is 0.160. The van der Waals surface area contributed by atoms with Gasteiger partial charge in [0.15, 0.2) is 0 Å². The minimum Gasteiger partial charge on any atom is -0.388 e. The standard InChI is InChI=1S/C11H16BrNO/c1-7-5-9(11(14)3-4-13)8(2)10(12)6-7/h5-6,11,14H,3-4,13H2,1-2H3. The molecule has 0 saturated carbocycles. The Balaban J connectivity index is 3.07. The van der Waals surface area contributed by atoms with Crippen LogP contribution in [0.15, 0.2) is 16.6 Å². The van der Waals surface area contributed by atoms with Crippen molar-refractivity contribution in [1.82, 2.24) is 0 Å². The van der Waals surface area contributed by atoms with Crippen LogP contribution in [0.5, 0.6) is 0 Å². The summed E-state index contributed by atoms with van der Waals surface area (Å²) < 4.78 is 1.04. The van der Waals surface area contributed by atoms with E-state index in [1.165, 1.54) is 0 Å². The molecule has 1 aromatic rings. The van der Waals surface area contributed by atoms with Gasteiger partial charge in [0.05, 0.1) is 6.10 Å². The zero-order valence-electron chi connectivity index (χ0n) is 8.55. The summed E-state index contributed by atoms with van der Waals surface area (Å²) in [7, 11) is 0. The minimum atomic E-state index is -0.448. The van der Waals surface area contributed by atoms with Gasteiger partial charge in [-0.15, -0.1) is 0 Å². The summed E-state index contributed by atoms with van der Waals surface area (Å²) in [5.41, 5.74) is 8.64. The number of aliphatic hydroxyl groups is 1. The van der Waals surface area contributed by atoms with Gasteiger partial charge in [0.2, 0.25) is 0 Å². The molecule has 3 heteroatoms. The van der Waals surface area contributed by atoms with Crippen LogP contribution in [-0.4, -0.2) is 11.7 Å². The third-order valence-corrected chi connectivity index (χ3v) is 3.15. The Hall–Kier alpha value is -0.380. The second-order valence-corrected chi connectivity index (χ2v) is 4.41. The number of hydrogen-bond donors (Lipinski definition) is 2. The molecule has 14 heavy (non-hydrogen) atoms. The number of nitrogens with two attached hydrogens (primary N) is 1. The highest BCUT2D eigenvalue weighted by Crippen LogP contribution is 2.27. The van der Waals surface area contributed by atoms with Crippen LogP contribution in [0.3, 0.4) is 0 Å². The number of aryl methyl sites for hydroxylation is 1. The maximum atomic E-state index is 9.85. The zero-order chi connectivity index (χ0) is 10.7. The van der Waals surface area contributed by atoms with Gasteiger partial charge in [-0.1, -0.05) is 22.0 Å². The second kappa shape index (κ2) is 4.91. The third kappa shape index (κ3) is 2.56. The Morgan fingerprint density at radius 3 is 2.64 bits per heavy atom. The van der Waals surface area contributed by atoms with E-state index in [9.17, 15) is 5.11 Å². The van der Waals surface area contributed by atoms with E-state index >= 15 is 0 Å². The lowest BCUT2D eigenvalue weighted by Gasteiger charge is -2.15. The number of aliphatic hydroxyl groups excluding tert-OH is 1. The average Bonchev–Trinajstić information content (AvgIpc) is 2.11. The van der Waals surface area contributed by atoms with Crippen LogP contribution in [-0.2, 0) is 0 Å². The molecule has 0 fully saturated rings. The molecule has 1 unspecified atom stereocenters. The summed E-state index contributed by atoms with van der Waals surface area (Å²) in [6.45, 7) is 4.52. The maximum absolute atomic E-state index is 9.85. The molecule has 0 bridgehead atoms. The van der Waals surface area contributed by atoms with Gasteiger partial charge in [-0.2, -0.15) is 0 Å². The normalized spacial score (nSPS) is 12.9. The number of hydrogen-bond acceptors (Lipinski definition) is 2. The van der Waals surface area contributed by atoms with Crippen LogP contribution >= 0.6 is 15.9 Å². The molecule has 0 aromatic heterocycles. The first kappa shape index (κ1) is 11.7. The Kier molecular flexibility index (Phi) is 4.11. The van der Waals surface area contributed by atoms with Crippen molar-refractivity contribution in [2.45, 2.75) is 26.4 Å².